The summed E-state index contributed by atoms with van der Waals surface area (Å²) in [5, 5.41) is 3.09. The summed E-state index contributed by atoms with van der Waals surface area (Å²) in [6.07, 6.45) is 2.10. The first kappa shape index (κ1) is 17.1. The Morgan fingerprint density at radius 3 is 2.65 bits per heavy atom. The summed E-state index contributed by atoms with van der Waals surface area (Å²) in [6.45, 7) is 7.40. The molecule has 0 aliphatic carbocycles. The summed E-state index contributed by atoms with van der Waals surface area (Å²) < 4.78 is 27.9. The average Bonchev–Trinajstić information content (AvgIpc) is 2.24. The molecule has 7 heteroatoms. The molecule has 1 heterocycles. The predicted octanol–water partition coefficient (Wildman–Crippen LogP) is 0.584. The molecule has 1 aliphatic rings. The molecule has 1 fully saturated rings. The van der Waals surface area contributed by atoms with E-state index in [1.807, 2.05) is 6.92 Å². The van der Waals surface area contributed by atoms with Gasteiger partial charge in [0.25, 0.3) is 10.2 Å². The Kier molecular flexibility index (Phi) is 8.32. The first-order chi connectivity index (χ1) is 7.56. The molecule has 0 amide bonds. The van der Waals surface area contributed by atoms with E-state index in [4.69, 9.17) is 0 Å². The topological polar surface area (TPSA) is 61.4 Å². The minimum absolute atomic E-state index is 0. The minimum Gasteiger partial charge on any atom is -0.316 e. The third kappa shape index (κ3) is 6.01. The van der Waals surface area contributed by atoms with Gasteiger partial charge in [-0.2, -0.15) is 12.7 Å². The summed E-state index contributed by atoms with van der Waals surface area (Å²) in [5.41, 5.74) is 0. The maximum absolute atomic E-state index is 11.9. The molecular weight excluding hydrogens is 262 g/mol. The van der Waals surface area contributed by atoms with Crippen LogP contribution in [0, 0.1) is 5.92 Å². The Hall–Kier alpha value is 0.120. The molecule has 1 atom stereocenters. The van der Waals surface area contributed by atoms with E-state index in [0.717, 1.165) is 19.4 Å². The van der Waals surface area contributed by atoms with Crippen molar-refractivity contribution in [2.45, 2.75) is 26.7 Å². The zero-order valence-electron chi connectivity index (χ0n) is 10.6. The normalized spacial score (nSPS) is 22.1. The van der Waals surface area contributed by atoms with Crippen LogP contribution in [0.4, 0.5) is 0 Å². The highest BCUT2D eigenvalue weighted by Crippen LogP contribution is 2.17. The van der Waals surface area contributed by atoms with Crippen molar-refractivity contribution in [2.24, 2.45) is 5.92 Å². The molecule has 1 aliphatic heterocycles. The second-order valence-corrected chi connectivity index (χ2v) is 6.11. The molecule has 0 aromatic heterocycles. The summed E-state index contributed by atoms with van der Waals surface area (Å²) in [6, 6.07) is 0. The van der Waals surface area contributed by atoms with Crippen LogP contribution < -0.4 is 10.0 Å². The van der Waals surface area contributed by atoms with Crippen molar-refractivity contribution in [3.8, 4) is 0 Å². The lowest BCUT2D eigenvalue weighted by Gasteiger charge is -2.29. The van der Waals surface area contributed by atoms with Gasteiger partial charge in [-0.25, -0.2) is 4.72 Å². The van der Waals surface area contributed by atoms with E-state index in [2.05, 4.69) is 17.0 Å². The minimum atomic E-state index is -3.25. The fourth-order valence-corrected chi connectivity index (χ4v) is 3.26. The van der Waals surface area contributed by atoms with Gasteiger partial charge in [-0.3, -0.25) is 0 Å². The fourth-order valence-electron chi connectivity index (χ4n) is 1.90. The summed E-state index contributed by atoms with van der Waals surface area (Å²) in [4.78, 5) is 0. The lowest BCUT2D eigenvalue weighted by molar-refractivity contribution is 0.278. The van der Waals surface area contributed by atoms with Crippen LogP contribution in [0.3, 0.4) is 0 Å². The van der Waals surface area contributed by atoms with E-state index in [-0.39, 0.29) is 12.4 Å². The number of likely N-dealkylation sites (N-methyl/N-ethyl adjacent to an activating group) is 1. The number of halogens is 1. The molecular formula is C10H24ClN3O2S. The molecule has 0 aromatic rings. The molecule has 17 heavy (non-hydrogen) atoms. The van der Waals surface area contributed by atoms with Crippen molar-refractivity contribution in [3.63, 3.8) is 0 Å². The average molecular weight is 286 g/mol. The SMILES string of the molecule is CCNCCNS(=O)(=O)N1CCCC(C)C1.Cl. The number of piperidine rings is 1. The molecule has 1 rings (SSSR count). The zero-order valence-corrected chi connectivity index (χ0v) is 12.2. The van der Waals surface area contributed by atoms with E-state index in [1.54, 1.807) is 4.31 Å². The van der Waals surface area contributed by atoms with Gasteiger partial charge in [0.1, 0.15) is 0 Å². The van der Waals surface area contributed by atoms with Gasteiger partial charge in [0.05, 0.1) is 0 Å². The van der Waals surface area contributed by atoms with Gasteiger partial charge in [0.15, 0.2) is 0 Å². The fraction of sp³-hybridized carbons (Fsp3) is 1.00. The smallest absolute Gasteiger partial charge is 0.279 e. The Morgan fingerprint density at radius 2 is 2.06 bits per heavy atom. The van der Waals surface area contributed by atoms with E-state index in [0.29, 0.717) is 32.1 Å². The van der Waals surface area contributed by atoms with Gasteiger partial charge < -0.3 is 5.32 Å². The Bertz CT molecular complexity index is 298. The molecule has 104 valence electrons. The number of hydrogen-bond acceptors (Lipinski definition) is 3. The van der Waals surface area contributed by atoms with Crippen LogP contribution in [-0.4, -0.2) is 45.4 Å². The van der Waals surface area contributed by atoms with Crippen LogP contribution in [0.2, 0.25) is 0 Å². The highest BCUT2D eigenvalue weighted by Gasteiger charge is 2.26. The van der Waals surface area contributed by atoms with E-state index in [9.17, 15) is 8.42 Å². The molecule has 2 N–H and O–H groups in total. The first-order valence-corrected chi connectivity index (χ1v) is 7.45. The second kappa shape index (κ2) is 8.26. The molecule has 1 unspecified atom stereocenters. The molecule has 5 nitrogen and oxygen atoms in total. The van der Waals surface area contributed by atoms with Gasteiger partial charge in [0.2, 0.25) is 0 Å². The van der Waals surface area contributed by atoms with Crippen LogP contribution in [0.1, 0.15) is 26.7 Å². The molecule has 1 saturated heterocycles. The van der Waals surface area contributed by atoms with Crippen LogP contribution >= 0.6 is 12.4 Å². The first-order valence-electron chi connectivity index (χ1n) is 6.01. The van der Waals surface area contributed by atoms with Gasteiger partial charge in [0, 0.05) is 26.2 Å². The van der Waals surface area contributed by atoms with Crippen LogP contribution in [0.25, 0.3) is 0 Å². The van der Waals surface area contributed by atoms with Crippen molar-refractivity contribution in [1.29, 1.82) is 0 Å². The monoisotopic (exact) mass is 285 g/mol. The third-order valence-corrected chi connectivity index (χ3v) is 4.38. The van der Waals surface area contributed by atoms with Gasteiger partial charge >= 0.3 is 0 Å². The van der Waals surface area contributed by atoms with Crippen LogP contribution in [0.5, 0.6) is 0 Å². The maximum atomic E-state index is 11.9. The number of nitrogens with one attached hydrogen (secondary N) is 2. The molecule has 0 spiro atoms. The largest absolute Gasteiger partial charge is 0.316 e. The molecule has 0 aromatic carbocycles. The quantitative estimate of drug-likeness (QED) is 0.702. The predicted molar refractivity (Wildman–Crippen MR) is 72.7 cm³/mol. The Morgan fingerprint density at radius 1 is 1.35 bits per heavy atom. The van der Waals surface area contributed by atoms with Gasteiger partial charge in [-0.1, -0.05) is 13.8 Å². The van der Waals surface area contributed by atoms with Crippen molar-refractivity contribution in [3.05, 3.63) is 0 Å². The standard InChI is InChI=1S/C10H23N3O2S.ClH/c1-3-11-6-7-12-16(14,15)13-8-4-5-10(2)9-13;/h10-12H,3-9H2,1-2H3;1H. The van der Waals surface area contributed by atoms with Gasteiger partial charge in [-0.15, -0.1) is 12.4 Å². The number of rotatable bonds is 6. The number of hydrogen-bond donors (Lipinski definition) is 2. The highest BCUT2D eigenvalue weighted by molar-refractivity contribution is 7.87. The van der Waals surface area contributed by atoms with Crippen LogP contribution in [-0.2, 0) is 10.2 Å². The number of nitrogens with zero attached hydrogens (tertiary/aromatic N) is 1. The van der Waals surface area contributed by atoms with Gasteiger partial charge in [-0.05, 0) is 25.3 Å². The molecule has 0 saturated carbocycles. The van der Waals surface area contributed by atoms with E-state index >= 15 is 0 Å². The highest BCUT2D eigenvalue weighted by atomic mass is 35.5. The second-order valence-electron chi connectivity index (χ2n) is 4.36. The van der Waals surface area contributed by atoms with Crippen molar-refractivity contribution >= 4 is 22.6 Å². The Balaban J connectivity index is 0.00000256. The molecule has 0 radical (unpaired) electrons. The lowest BCUT2D eigenvalue weighted by Crippen LogP contribution is -2.46. The summed E-state index contributed by atoms with van der Waals surface area (Å²) in [7, 11) is -3.25. The van der Waals surface area contributed by atoms with Crippen molar-refractivity contribution in [1.82, 2.24) is 14.3 Å². The Labute approximate surface area is 111 Å². The summed E-state index contributed by atoms with van der Waals surface area (Å²) in [5.74, 6) is 0.471. The third-order valence-electron chi connectivity index (χ3n) is 2.80. The van der Waals surface area contributed by atoms with E-state index < -0.39 is 10.2 Å². The van der Waals surface area contributed by atoms with E-state index in [1.165, 1.54) is 0 Å². The zero-order chi connectivity index (χ0) is 12.0. The maximum Gasteiger partial charge on any atom is 0.279 e. The lowest BCUT2D eigenvalue weighted by atomic mass is 10.0. The van der Waals surface area contributed by atoms with Crippen LogP contribution in [0.15, 0.2) is 0 Å². The summed E-state index contributed by atoms with van der Waals surface area (Å²) >= 11 is 0. The van der Waals surface area contributed by atoms with Crippen molar-refractivity contribution < 1.29 is 8.42 Å². The molecule has 0 bridgehead atoms. The van der Waals surface area contributed by atoms with Crippen molar-refractivity contribution in [2.75, 3.05) is 32.7 Å².